The molecule has 1 aliphatic rings. The summed E-state index contributed by atoms with van der Waals surface area (Å²) in [5.74, 6) is 0.956. The Bertz CT molecular complexity index is 1010. The van der Waals surface area contributed by atoms with E-state index in [1.54, 1.807) is 23.1 Å². The molecular formula is C24H30N4OS2. The van der Waals surface area contributed by atoms with E-state index in [-0.39, 0.29) is 5.91 Å². The number of thioether (sulfide) groups is 1. The third-order valence-electron chi connectivity index (χ3n) is 5.62. The zero-order valence-corrected chi connectivity index (χ0v) is 19.9. The summed E-state index contributed by atoms with van der Waals surface area (Å²) in [6.07, 6.45) is 0.559. The average molecular weight is 455 g/mol. The van der Waals surface area contributed by atoms with Crippen molar-refractivity contribution in [2.24, 2.45) is 0 Å². The Hall–Kier alpha value is -2.09. The Morgan fingerprint density at radius 1 is 1.10 bits per heavy atom. The van der Waals surface area contributed by atoms with E-state index in [0.717, 1.165) is 49.1 Å². The van der Waals surface area contributed by atoms with E-state index in [0.29, 0.717) is 13.0 Å². The minimum atomic E-state index is 0.142. The van der Waals surface area contributed by atoms with Crippen LogP contribution in [0.15, 0.2) is 47.4 Å². The number of hydrogen-bond acceptors (Lipinski definition) is 6. The lowest BCUT2D eigenvalue weighted by Crippen LogP contribution is -2.48. The molecule has 0 aliphatic carbocycles. The molecule has 1 N–H and O–H groups in total. The molecule has 4 rings (SSSR count). The minimum absolute atomic E-state index is 0.142. The highest BCUT2D eigenvalue weighted by molar-refractivity contribution is 7.99. The van der Waals surface area contributed by atoms with E-state index in [1.807, 2.05) is 0 Å². The summed E-state index contributed by atoms with van der Waals surface area (Å²) in [6, 6.07) is 14.8. The van der Waals surface area contributed by atoms with Crippen LogP contribution in [0, 0.1) is 13.8 Å². The molecule has 0 atom stereocenters. The first kappa shape index (κ1) is 22.1. The lowest BCUT2D eigenvalue weighted by molar-refractivity contribution is -0.120. The number of aryl methyl sites for hydroxylation is 2. The van der Waals surface area contributed by atoms with E-state index >= 15 is 0 Å². The SMILES string of the molecule is Cc1ccc(SCCC(=O)NCCN2CCN(c3nc4c(C)cccc4s3)CC2)cc1. The van der Waals surface area contributed by atoms with Crippen molar-refractivity contribution in [2.45, 2.75) is 25.2 Å². The van der Waals surface area contributed by atoms with Crippen LogP contribution >= 0.6 is 23.1 Å². The van der Waals surface area contributed by atoms with E-state index < -0.39 is 0 Å². The molecule has 5 nitrogen and oxygen atoms in total. The number of carbonyl (C=O) groups excluding carboxylic acids is 1. The zero-order chi connectivity index (χ0) is 21.6. The highest BCUT2D eigenvalue weighted by Crippen LogP contribution is 2.30. The fourth-order valence-electron chi connectivity index (χ4n) is 3.71. The maximum atomic E-state index is 12.1. The van der Waals surface area contributed by atoms with Crippen molar-refractivity contribution in [1.82, 2.24) is 15.2 Å². The van der Waals surface area contributed by atoms with Gasteiger partial charge in [0, 0.05) is 56.3 Å². The third-order valence-corrected chi connectivity index (χ3v) is 7.72. The molecule has 164 valence electrons. The molecule has 7 heteroatoms. The number of anilines is 1. The summed E-state index contributed by atoms with van der Waals surface area (Å²) in [7, 11) is 0. The number of piperazine rings is 1. The van der Waals surface area contributed by atoms with E-state index in [4.69, 9.17) is 4.98 Å². The highest BCUT2D eigenvalue weighted by Gasteiger charge is 2.20. The number of nitrogens with one attached hydrogen (secondary N) is 1. The van der Waals surface area contributed by atoms with Crippen LogP contribution in [0.5, 0.6) is 0 Å². The number of thiazole rings is 1. The Morgan fingerprint density at radius 2 is 1.87 bits per heavy atom. The predicted octanol–water partition coefficient (Wildman–Crippen LogP) is 4.33. The topological polar surface area (TPSA) is 48.5 Å². The Morgan fingerprint density at radius 3 is 2.61 bits per heavy atom. The fraction of sp³-hybridized carbons (Fsp3) is 0.417. The van der Waals surface area contributed by atoms with Crippen LogP contribution in [0.3, 0.4) is 0 Å². The molecule has 1 fully saturated rings. The molecule has 0 radical (unpaired) electrons. The van der Waals surface area contributed by atoms with Gasteiger partial charge in [0.2, 0.25) is 5.91 Å². The standard InChI is InChI=1S/C24H30N4OS2/c1-18-6-8-20(9-7-18)30-17-10-22(29)25-11-12-27-13-15-28(16-14-27)24-26-23-19(2)4-3-5-21(23)31-24/h3-9H,10-17H2,1-2H3,(H,25,29). The van der Waals surface area contributed by atoms with Crippen molar-refractivity contribution >= 4 is 44.4 Å². The molecule has 0 saturated carbocycles. The monoisotopic (exact) mass is 454 g/mol. The Kier molecular flexibility index (Phi) is 7.48. The van der Waals surface area contributed by atoms with Gasteiger partial charge in [-0.15, -0.1) is 11.8 Å². The van der Waals surface area contributed by atoms with Gasteiger partial charge in [0.05, 0.1) is 10.2 Å². The van der Waals surface area contributed by atoms with Crippen LogP contribution in [-0.2, 0) is 4.79 Å². The van der Waals surface area contributed by atoms with Crippen LogP contribution in [0.25, 0.3) is 10.2 Å². The molecule has 2 heterocycles. The van der Waals surface area contributed by atoms with E-state index in [9.17, 15) is 4.79 Å². The number of rotatable bonds is 8. The first-order valence-electron chi connectivity index (χ1n) is 10.9. The van der Waals surface area contributed by atoms with Crippen LogP contribution in [0.2, 0.25) is 0 Å². The highest BCUT2D eigenvalue weighted by atomic mass is 32.2. The maximum absolute atomic E-state index is 12.1. The van der Waals surface area contributed by atoms with Gasteiger partial charge < -0.3 is 10.2 Å². The van der Waals surface area contributed by atoms with Crippen molar-refractivity contribution in [3.63, 3.8) is 0 Å². The van der Waals surface area contributed by atoms with Gasteiger partial charge >= 0.3 is 0 Å². The van der Waals surface area contributed by atoms with Crippen molar-refractivity contribution < 1.29 is 4.79 Å². The van der Waals surface area contributed by atoms with Crippen molar-refractivity contribution in [3.05, 3.63) is 53.6 Å². The minimum Gasteiger partial charge on any atom is -0.355 e. The van der Waals surface area contributed by atoms with Crippen LogP contribution < -0.4 is 10.2 Å². The third kappa shape index (κ3) is 5.99. The van der Waals surface area contributed by atoms with Gasteiger partial charge in [-0.25, -0.2) is 4.98 Å². The second-order valence-corrected chi connectivity index (χ2v) is 10.2. The molecule has 1 aromatic heterocycles. The molecular weight excluding hydrogens is 424 g/mol. The second kappa shape index (κ2) is 10.5. The predicted molar refractivity (Wildman–Crippen MR) is 133 cm³/mol. The van der Waals surface area contributed by atoms with Crippen molar-refractivity contribution in [2.75, 3.05) is 49.9 Å². The molecule has 3 aromatic rings. The molecule has 1 amide bonds. The van der Waals surface area contributed by atoms with Gasteiger partial charge in [-0.3, -0.25) is 9.69 Å². The van der Waals surface area contributed by atoms with Gasteiger partial charge in [-0.05, 0) is 37.6 Å². The van der Waals surface area contributed by atoms with Crippen molar-refractivity contribution in [3.8, 4) is 0 Å². The largest absolute Gasteiger partial charge is 0.355 e. The molecule has 0 spiro atoms. The number of hydrogen-bond donors (Lipinski definition) is 1. The van der Waals surface area contributed by atoms with Crippen molar-refractivity contribution in [1.29, 1.82) is 0 Å². The fourth-order valence-corrected chi connectivity index (χ4v) is 5.66. The summed E-state index contributed by atoms with van der Waals surface area (Å²) in [6.45, 7) is 9.82. The number of benzene rings is 2. The first-order chi connectivity index (χ1) is 15.1. The summed E-state index contributed by atoms with van der Waals surface area (Å²) in [5.41, 5.74) is 3.64. The summed E-state index contributed by atoms with van der Waals surface area (Å²) >= 11 is 3.52. The number of fused-ring (bicyclic) bond motifs is 1. The molecule has 0 unspecified atom stereocenters. The Balaban J connectivity index is 1.13. The number of carbonyl (C=O) groups is 1. The number of amides is 1. The van der Waals surface area contributed by atoms with Crippen LogP contribution in [0.4, 0.5) is 5.13 Å². The van der Waals surface area contributed by atoms with Crippen LogP contribution in [-0.4, -0.2) is 60.8 Å². The number of aromatic nitrogens is 1. The molecule has 1 saturated heterocycles. The normalized spacial score (nSPS) is 14.8. The maximum Gasteiger partial charge on any atom is 0.220 e. The summed E-state index contributed by atoms with van der Waals surface area (Å²) in [4.78, 5) is 23.0. The quantitative estimate of drug-likeness (QED) is 0.513. The van der Waals surface area contributed by atoms with Gasteiger partial charge in [-0.2, -0.15) is 0 Å². The van der Waals surface area contributed by atoms with Gasteiger partial charge in [0.1, 0.15) is 0 Å². The average Bonchev–Trinajstić information content (AvgIpc) is 3.21. The lowest BCUT2D eigenvalue weighted by Gasteiger charge is -2.34. The van der Waals surface area contributed by atoms with E-state index in [2.05, 4.69) is 71.4 Å². The molecule has 0 bridgehead atoms. The van der Waals surface area contributed by atoms with Gasteiger partial charge in [0.25, 0.3) is 0 Å². The lowest BCUT2D eigenvalue weighted by atomic mass is 10.2. The Labute approximate surface area is 192 Å². The van der Waals surface area contributed by atoms with Crippen LogP contribution in [0.1, 0.15) is 17.5 Å². The second-order valence-electron chi connectivity index (χ2n) is 8.01. The van der Waals surface area contributed by atoms with Gasteiger partial charge in [-0.1, -0.05) is 41.2 Å². The molecule has 2 aromatic carbocycles. The number of para-hydroxylation sites is 1. The molecule has 1 aliphatic heterocycles. The smallest absolute Gasteiger partial charge is 0.220 e. The first-order valence-corrected chi connectivity index (χ1v) is 12.7. The molecule has 31 heavy (non-hydrogen) atoms. The zero-order valence-electron chi connectivity index (χ0n) is 18.3. The van der Waals surface area contributed by atoms with E-state index in [1.165, 1.54) is 20.7 Å². The summed E-state index contributed by atoms with van der Waals surface area (Å²) in [5, 5.41) is 4.20. The van der Waals surface area contributed by atoms with Gasteiger partial charge in [0.15, 0.2) is 5.13 Å². The number of nitrogens with zero attached hydrogens (tertiary/aromatic N) is 3. The summed E-state index contributed by atoms with van der Waals surface area (Å²) < 4.78 is 1.26.